The van der Waals surface area contributed by atoms with E-state index in [0.717, 1.165) is 11.0 Å². The van der Waals surface area contributed by atoms with E-state index in [9.17, 15) is 0 Å². The summed E-state index contributed by atoms with van der Waals surface area (Å²) in [5.41, 5.74) is 2.20. The molecule has 3 nitrogen and oxygen atoms in total. The minimum absolute atomic E-state index is 1.05. The van der Waals surface area contributed by atoms with Crippen LogP contribution in [0.2, 0.25) is 0 Å². The van der Waals surface area contributed by atoms with Crippen molar-refractivity contribution in [2.45, 2.75) is 0 Å². The van der Waals surface area contributed by atoms with Gasteiger partial charge in [0.1, 0.15) is 0 Å². The number of aryl methyl sites for hydroxylation is 1. The molecule has 0 fully saturated rings. The molecule has 1 heterocycles. The van der Waals surface area contributed by atoms with Crippen LogP contribution in [0.4, 0.5) is 0 Å². The van der Waals surface area contributed by atoms with E-state index in [1.165, 1.54) is 0 Å². The first-order valence-corrected chi connectivity index (χ1v) is 3.50. The quantitative estimate of drug-likeness (QED) is 0.420. The Morgan fingerprint density at radius 3 is 2.82 bits per heavy atom. The molecule has 2 rings (SSSR count). The molecule has 11 heavy (non-hydrogen) atoms. The Morgan fingerprint density at radius 1 is 1.36 bits per heavy atom. The van der Waals surface area contributed by atoms with Gasteiger partial charge in [-0.25, -0.2) is 4.57 Å². The summed E-state index contributed by atoms with van der Waals surface area (Å²) >= 11 is 0. The van der Waals surface area contributed by atoms with Crippen molar-refractivity contribution in [1.29, 1.82) is 0 Å². The molecule has 0 saturated carbocycles. The zero-order chi connectivity index (χ0) is 7.84. The van der Waals surface area contributed by atoms with Crippen LogP contribution in [0.5, 0.6) is 0 Å². The van der Waals surface area contributed by atoms with E-state index < -0.39 is 0 Å². The SMILES string of the molecule is C[n+]1cn(N)c2ccccc21. The maximum absolute atomic E-state index is 5.67. The van der Waals surface area contributed by atoms with Crippen LogP contribution >= 0.6 is 0 Å². The second-order valence-electron chi connectivity index (χ2n) is 2.62. The number of fused-ring (bicyclic) bond motifs is 1. The molecule has 0 aliphatic carbocycles. The van der Waals surface area contributed by atoms with Crippen LogP contribution in [-0.2, 0) is 7.05 Å². The highest BCUT2D eigenvalue weighted by Gasteiger charge is 2.07. The van der Waals surface area contributed by atoms with Gasteiger partial charge in [0.2, 0.25) is 0 Å². The average molecular weight is 148 g/mol. The molecule has 0 atom stereocenters. The molecular weight excluding hydrogens is 138 g/mol. The predicted molar refractivity (Wildman–Crippen MR) is 43.3 cm³/mol. The molecule has 0 aliphatic heterocycles. The van der Waals surface area contributed by atoms with Crippen molar-refractivity contribution in [3.63, 3.8) is 0 Å². The third-order valence-corrected chi connectivity index (χ3v) is 1.84. The molecule has 2 N–H and O–H groups in total. The van der Waals surface area contributed by atoms with Crippen molar-refractivity contribution in [2.75, 3.05) is 5.84 Å². The minimum atomic E-state index is 1.05. The van der Waals surface area contributed by atoms with Crippen molar-refractivity contribution in [3.05, 3.63) is 30.6 Å². The van der Waals surface area contributed by atoms with Crippen molar-refractivity contribution < 1.29 is 4.57 Å². The Bertz CT molecular complexity index is 353. The molecular formula is C8H10N3+. The standard InChI is InChI=1S/C8H10N3/c1-10-6-11(9)8-5-3-2-4-7(8)10/h2-6H,9H2,1H3/q+1. The normalized spacial score (nSPS) is 10.6. The number of nitrogens with two attached hydrogens (primary N) is 1. The molecule has 0 unspecified atom stereocenters. The minimum Gasteiger partial charge on any atom is -0.269 e. The number of rotatable bonds is 0. The second kappa shape index (κ2) is 1.99. The van der Waals surface area contributed by atoms with Crippen molar-refractivity contribution in [1.82, 2.24) is 4.68 Å². The molecule has 0 aliphatic rings. The number of aromatic nitrogens is 2. The van der Waals surface area contributed by atoms with Gasteiger partial charge in [-0.1, -0.05) is 12.1 Å². The second-order valence-corrected chi connectivity index (χ2v) is 2.62. The Hall–Kier alpha value is -1.51. The molecule has 0 saturated heterocycles. The van der Waals surface area contributed by atoms with Crippen LogP contribution in [0.25, 0.3) is 11.0 Å². The number of nitrogens with zero attached hydrogens (tertiary/aromatic N) is 2. The van der Waals surface area contributed by atoms with Crippen LogP contribution in [0.1, 0.15) is 0 Å². The number of nitrogen functional groups attached to an aromatic ring is 1. The molecule has 0 spiro atoms. The summed E-state index contributed by atoms with van der Waals surface area (Å²) in [4.78, 5) is 0. The third kappa shape index (κ3) is 0.774. The van der Waals surface area contributed by atoms with E-state index in [1.807, 2.05) is 42.2 Å². The molecule has 0 amide bonds. The van der Waals surface area contributed by atoms with Crippen LogP contribution in [0, 0.1) is 0 Å². The van der Waals surface area contributed by atoms with Gasteiger partial charge in [0.05, 0.1) is 7.05 Å². The van der Waals surface area contributed by atoms with Gasteiger partial charge in [0.15, 0.2) is 11.0 Å². The largest absolute Gasteiger partial charge is 0.269 e. The summed E-state index contributed by atoms with van der Waals surface area (Å²) in [6.07, 6.45) is 1.85. The molecule has 3 heteroatoms. The van der Waals surface area contributed by atoms with E-state index in [2.05, 4.69) is 0 Å². The van der Waals surface area contributed by atoms with Gasteiger partial charge in [-0.05, 0) is 12.1 Å². The fourth-order valence-electron chi connectivity index (χ4n) is 1.29. The lowest BCUT2D eigenvalue weighted by atomic mass is 10.3. The maximum atomic E-state index is 5.67. The lowest BCUT2D eigenvalue weighted by Gasteiger charge is -1.84. The van der Waals surface area contributed by atoms with Crippen LogP contribution in [-0.4, -0.2) is 4.68 Å². The summed E-state index contributed by atoms with van der Waals surface area (Å²) in [5.74, 6) is 5.67. The summed E-state index contributed by atoms with van der Waals surface area (Å²) in [6, 6.07) is 8.02. The molecule has 1 aromatic heterocycles. The summed E-state index contributed by atoms with van der Waals surface area (Å²) in [6.45, 7) is 0. The average Bonchev–Trinajstić information content (AvgIpc) is 2.30. The van der Waals surface area contributed by atoms with Crippen molar-refractivity contribution in [3.8, 4) is 0 Å². The topological polar surface area (TPSA) is 34.8 Å². The van der Waals surface area contributed by atoms with E-state index >= 15 is 0 Å². The van der Waals surface area contributed by atoms with Gasteiger partial charge >= 0.3 is 0 Å². The van der Waals surface area contributed by atoms with Gasteiger partial charge in [-0.3, -0.25) is 5.84 Å². The highest BCUT2D eigenvalue weighted by atomic mass is 15.3. The summed E-state index contributed by atoms with van der Waals surface area (Å²) in [5, 5.41) is 0. The van der Waals surface area contributed by atoms with Crippen molar-refractivity contribution >= 4 is 11.0 Å². The van der Waals surface area contributed by atoms with Crippen LogP contribution < -0.4 is 10.4 Å². The Balaban J connectivity index is 2.95. The molecule has 0 radical (unpaired) electrons. The number of imidazole rings is 1. The van der Waals surface area contributed by atoms with E-state index in [4.69, 9.17) is 5.84 Å². The maximum Gasteiger partial charge on any atom is 0.267 e. The lowest BCUT2D eigenvalue weighted by Crippen LogP contribution is -2.26. The Kier molecular flexibility index (Phi) is 1.12. The zero-order valence-corrected chi connectivity index (χ0v) is 6.36. The lowest BCUT2D eigenvalue weighted by molar-refractivity contribution is -0.645. The first-order valence-electron chi connectivity index (χ1n) is 3.50. The van der Waals surface area contributed by atoms with E-state index in [1.54, 1.807) is 4.68 Å². The number of hydrogen-bond donors (Lipinski definition) is 1. The number of para-hydroxylation sites is 2. The number of hydrogen-bond acceptors (Lipinski definition) is 1. The highest BCUT2D eigenvalue weighted by molar-refractivity contribution is 5.71. The van der Waals surface area contributed by atoms with Gasteiger partial charge in [0, 0.05) is 0 Å². The number of benzene rings is 1. The third-order valence-electron chi connectivity index (χ3n) is 1.84. The van der Waals surface area contributed by atoms with Crippen LogP contribution in [0.3, 0.4) is 0 Å². The van der Waals surface area contributed by atoms with Crippen LogP contribution in [0.15, 0.2) is 30.6 Å². The van der Waals surface area contributed by atoms with Crippen molar-refractivity contribution in [2.24, 2.45) is 7.05 Å². The fourth-order valence-corrected chi connectivity index (χ4v) is 1.29. The van der Waals surface area contributed by atoms with Gasteiger partial charge in [-0.2, -0.15) is 0 Å². The predicted octanol–water partition coefficient (Wildman–Crippen LogP) is 0.180. The van der Waals surface area contributed by atoms with E-state index in [-0.39, 0.29) is 0 Å². The van der Waals surface area contributed by atoms with E-state index in [0.29, 0.717) is 0 Å². The summed E-state index contributed by atoms with van der Waals surface area (Å²) in [7, 11) is 1.98. The molecule has 2 aromatic rings. The Labute approximate surface area is 64.6 Å². The molecule has 1 aromatic carbocycles. The molecule has 0 bridgehead atoms. The summed E-state index contributed by atoms with van der Waals surface area (Å²) < 4.78 is 3.62. The van der Waals surface area contributed by atoms with Gasteiger partial charge in [-0.15, -0.1) is 4.68 Å². The Morgan fingerprint density at radius 2 is 2.09 bits per heavy atom. The highest BCUT2D eigenvalue weighted by Crippen LogP contribution is 2.05. The smallest absolute Gasteiger partial charge is 0.267 e. The van der Waals surface area contributed by atoms with Gasteiger partial charge < -0.3 is 0 Å². The zero-order valence-electron chi connectivity index (χ0n) is 6.36. The first kappa shape index (κ1) is 6.22. The monoisotopic (exact) mass is 148 g/mol. The fraction of sp³-hybridized carbons (Fsp3) is 0.125. The first-order chi connectivity index (χ1) is 5.29. The molecule has 56 valence electrons. The van der Waals surface area contributed by atoms with Gasteiger partial charge in [0.25, 0.3) is 6.33 Å².